The molecule has 2 aromatic carbocycles. The SMILES string of the molecule is CN(C)CN1[C]2=[Pt]=[C]3N(CCN2c2ccccc21)c1ccccc1N3CN(C)C. The van der Waals surface area contributed by atoms with Crippen LogP contribution in [0.3, 0.4) is 0 Å². The Morgan fingerprint density at radius 2 is 1.03 bits per heavy atom. The summed E-state index contributed by atoms with van der Waals surface area (Å²) in [5.74, 6) is 0. The molecule has 6 nitrogen and oxygen atoms in total. The van der Waals surface area contributed by atoms with Gasteiger partial charge in [0.15, 0.2) is 0 Å². The Hall–Kier alpha value is -2.01. The first-order valence-corrected chi connectivity index (χ1v) is 12.2. The molecule has 29 heavy (non-hydrogen) atoms. The number of hydrogen-bond donors (Lipinski definition) is 0. The molecular formula is C22H28N6Pt. The van der Waals surface area contributed by atoms with Crippen LogP contribution in [0.5, 0.6) is 0 Å². The summed E-state index contributed by atoms with van der Waals surface area (Å²) in [4.78, 5) is 14.8. The Labute approximate surface area is 181 Å². The molecule has 0 aliphatic carbocycles. The van der Waals surface area contributed by atoms with Crippen molar-refractivity contribution >= 4 is 31.0 Å². The van der Waals surface area contributed by atoms with Crippen LogP contribution in [-0.4, -0.2) is 72.7 Å². The summed E-state index contributed by atoms with van der Waals surface area (Å²) in [5.41, 5.74) is 5.41. The second-order valence-electron chi connectivity index (χ2n) is 8.14. The Morgan fingerprint density at radius 3 is 1.41 bits per heavy atom. The van der Waals surface area contributed by atoms with Crippen molar-refractivity contribution in [2.45, 2.75) is 0 Å². The van der Waals surface area contributed by atoms with Crippen molar-refractivity contribution in [1.82, 2.24) is 9.80 Å². The second-order valence-corrected chi connectivity index (χ2v) is 10.7. The minimum absolute atomic E-state index is 0.370. The standard InChI is InChI=1S/C22H28N6.Pt/c1-23(2)15-27-17-25(19-9-5-7-11-21(19)27)13-14-26-18-28(16-24(3)4)22-12-8-6-10-20(22)26;/h5-12H,13-16H2,1-4H3;. The van der Waals surface area contributed by atoms with E-state index in [-0.39, 0.29) is 17.6 Å². The van der Waals surface area contributed by atoms with Gasteiger partial charge in [0.2, 0.25) is 0 Å². The van der Waals surface area contributed by atoms with Crippen LogP contribution in [-0.2, 0) is 17.6 Å². The summed E-state index contributed by atoms with van der Waals surface area (Å²) in [6.45, 7) is 3.86. The molecule has 3 aliphatic heterocycles. The van der Waals surface area contributed by atoms with Crippen LogP contribution in [0.2, 0.25) is 0 Å². The summed E-state index contributed by atoms with van der Waals surface area (Å²) in [6.07, 6.45) is 0. The van der Waals surface area contributed by atoms with E-state index in [0.717, 1.165) is 26.4 Å². The van der Waals surface area contributed by atoms with E-state index < -0.39 is 0 Å². The molecule has 7 heteroatoms. The number of fused-ring (bicyclic) bond motifs is 6. The van der Waals surface area contributed by atoms with Crippen molar-refractivity contribution in [3.8, 4) is 0 Å². The maximum atomic E-state index is 2.58. The zero-order chi connectivity index (χ0) is 20.1. The van der Waals surface area contributed by atoms with Gasteiger partial charge in [0.1, 0.15) is 0 Å². The van der Waals surface area contributed by atoms with Crippen molar-refractivity contribution < 1.29 is 17.6 Å². The van der Waals surface area contributed by atoms with Gasteiger partial charge in [0.25, 0.3) is 0 Å². The van der Waals surface area contributed by atoms with Gasteiger partial charge in [-0.05, 0) is 0 Å². The van der Waals surface area contributed by atoms with E-state index in [1.54, 1.807) is 0 Å². The van der Waals surface area contributed by atoms with E-state index in [9.17, 15) is 0 Å². The number of nitrogens with zero attached hydrogens (tertiary/aromatic N) is 6. The van der Waals surface area contributed by atoms with Crippen molar-refractivity contribution in [2.75, 3.05) is 74.2 Å². The summed E-state index contributed by atoms with van der Waals surface area (Å²) >= 11 is -0.370. The second kappa shape index (κ2) is 7.35. The van der Waals surface area contributed by atoms with Crippen LogP contribution in [0.4, 0.5) is 22.7 Å². The number of hydrogen-bond acceptors (Lipinski definition) is 6. The van der Waals surface area contributed by atoms with Crippen LogP contribution < -0.4 is 19.6 Å². The molecule has 0 atom stereocenters. The van der Waals surface area contributed by atoms with E-state index in [1.807, 2.05) is 0 Å². The van der Waals surface area contributed by atoms with Crippen molar-refractivity contribution in [1.29, 1.82) is 0 Å². The topological polar surface area (TPSA) is 19.4 Å². The third kappa shape index (κ3) is 3.14. The van der Waals surface area contributed by atoms with Gasteiger partial charge in [-0.2, -0.15) is 0 Å². The van der Waals surface area contributed by atoms with Gasteiger partial charge in [-0.1, -0.05) is 0 Å². The summed E-state index contributed by atoms with van der Waals surface area (Å²) < 4.78 is 2.99. The first kappa shape index (κ1) is 19.0. The number of anilines is 4. The minimum atomic E-state index is -0.370. The molecule has 0 amide bonds. The Kier molecular flexibility index (Phi) is 4.81. The third-order valence-electron chi connectivity index (χ3n) is 5.29. The molecule has 3 heterocycles. The Bertz CT molecular complexity index is 932. The Balaban J connectivity index is 1.70. The summed E-state index contributed by atoms with van der Waals surface area (Å²) in [6, 6.07) is 17.8. The van der Waals surface area contributed by atoms with Crippen LogP contribution >= 0.6 is 0 Å². The third-order valence-corrected chi connectivity index (χ3v) is 8.76. The van der Waals surface area contributed by atoms with E-state index >= 15 is 0 Å². The van der Waals surface area contributed by atoms with Crippen LogP contribution in [0.15, 0.2) is 48.5 Å². The van der Waals surface area contributed by atoms with Crippen molar-refractivity contribution in [3.63, 3.8) is 0 Å². The van der Waals surface area contributed by atoms with Crippen LogP contribution in [0.1, 0.15) is 0 Å². The maximum absolute atomic E-state index is 2.58. The monoisotopic (exact) mass is 571 g/mol. The molecule has 0 unspecified atom stereocenters. The van der Waals surface area contributed by atoms with Gasteiger partial charge in [-0.3, -0.25) is 0 Å². The average Bonchev–Trinajstić information content (AvgIpc) is 3.04. The fourth-order valence-electron chi connectivity index (χ4n) is 4.17. The molecular weight excluding hydrogens is 543 g/mol. The molecule has 0 radical (unpaired) electrons. The average molecular weight is 572 g/mol. The predicted octanol–water partition coefficient (Wildman–Crippen LogP) is 1.95. The summed E-state index contributed by atoms with van der Waals surface area (Å²) in [7, 11) is 8.63. The van der Waals surface area contributed by atoms with Gasteiger partial charge in [-0.25, -0.2) is 0 Å². The van der Waals surface area contributed by atoms with Gasteiger partial charge in [-0.15, -0.1) is 0 Å². The number of para-hydroxylation sites is 4. The van der Waals surface area contributed by atoms with Gasteiger partial charge in [0, 0.05) is 0 Å². The first-order chi connectivity index (χ1) is 14.0. The molecule has 3 aliphatic rings. The van der Waals surface area contributed by atoms with Crippen molar-refractivity contribution in [2.24, 2.45) is 0 Å². The molecule has 2 aromatic rings. The molecule has 0 aromatic heterocycles. The first-order valence-electron chi connectivity index (χ1n) is 9.95. The molecule has 156 valence electrons. The van der Waals surface area contributed by atoms with E-state index in [0.29, 0.717) is 0 Å². The predicted molar refractivity (Wildman–Crippen MR) is 120 cm³/mol. The normalized spacial score (nSPS) is 18.0. The number of benzene rings is 2. The van der Waals surface area contributed by atoms with Gasteiger partial charge >= 0.3 is 181 Å². The van der Waals surface area contributed by atoms with Crippen LogP contribution in [0, 0.1) is 0 Å². The van der Waals surface area contributed by atoms with E-state index in [1.165, 1.54) is 31.0 Å². The molecule has 5 rings (SSSR count). The molecule has 0 N–H and O–H groups in total. The van der Waals surface area contributed by atoms with Gasteiger partial charge in [0.05, 0.1) is 0 Å². The van der Waals surface area contributed by atoms with Crippen LogP contribution in [0.25, 0.3) is 0 Å². The fraction of sp³-hybridized carbons (Fsp3) is 0.364. The number of rotatable bonds is 4. The molecule has 0 saturated heterocycles. The van der Waals surface area contributed by atoms with E-state index in [2.05, 4.69) is 106 Å². The quantitative estimate of drug-likeness (QED) is 0.555. The van der Waals surface area contributed by atoms with Crippen molar-refractivity contribution in [3.05, 3.63) is 48.5 Å². The molecule has 0 spiro atoms. The molecule has 0 saturated carbocycles. The summed E-state index contributed by atoms with van der Waals surface area (Å²) in [5, 5.41) is 0. The fourth-order valence-corrected chi connectivity index (χ4v) is 7.78. The molecule has 0 bridgehead atoms. The molecule has 0 fully saturated rings. The Morgan fingerprint density at radius 1 is 0.655 bits per heavy atom. The zero-order valence-electron chi connectivity index (χ0n) is 17.4. The zero-order valence-corrected chi connectivity index (χ0v) is 19.7. The van der Waals surface area contributed by atoms with E-state index in [4.69, 9.17) is 0 Å². The van der Waals surface area contributed by atoms with Gasteiger partial charge < -0.3 is 0 Å².